The van der Waals surface area contributed by atoms with Crippen LogP contribution in [-0.2, 0) is 0 Å². The summed E-state index contributed by atoms with van der Waals surface area (Å²) in [5.41, 5.74) is -0.0264. The summed E-state index contributed by atoms with van der Waals surface area (Å²) in [6, 6.07) is 7.35. The number of likely N-dealkylation sites (N-methyl/N-ethyl adjacent to an activating group) is 1. The number of nitrogens with zero attached hydrogens (tertiary/aromatic N) is 1. The Morgan fingerprint density at radius 2 is 2.10 bits per heavy atom. The van der Waals surface area contributed by atoms with Gasteiger partial charge in [0.25, 0.3) is 0 Å². The van der Waals surface area contributed by atoms with Crippen molar-refractivity contribution in [1.82, 2.24) is 10.2 Å². The minimum atomic E-state index is -0.822. The molecule has 0 bridgehead atoms. The fraction of sp³-hybridized carbons (Fsp3) is 0.600. The second-order valence-electron chi connectivity index (χ2n) is 5.66. The van der Waals surface area contributed by atoms with Crippen molar-refractivity contribution >= 4 is 0 Å². The van der Waals surface area contributed by atoms with Gasteiger partial charge in [0.05, 0.1) is 18.8 Å². The normalized spacial score (nSPS) is 15.9. The second kappa shape index (κ2) is 7.59. The van der Waals surface area contributed by atoms with Crippen LogP contribution in [0.15, 0.2) is 24.3 Å². The van der Waals surface area contributed by atoms with E-state index in [9.17, 15) is 10.2 Å². The van der Waals surface area contributed by atoms with E-state index in [1.807, 2.05) is 43.3 Å². The minimum absolute atomic E-state index is 0.386. The van der Waals surface area contributed by atoms with Crippen LogP contribution in [0.3, 0.4) is 0 Å². The smallest absolute Gasteiger partial charge is 0.119 e. The van der Waals surface area contributed by atoms with Crippen LogP contribution < -0.4 is 10.1 Å². The van der Waals surface area contributed by atoms with Crippen molar-refractivity contribution in [2.24, 2.45) is 0 Å². The van der Waals surface area contributed by atoms with E-state index in [4.69, 9.17) is 4.74 Å². The van der Waals surface area contributed by atoms with Gasteiger partial charge < -0.3 is 25.2 Å². The van der Waals surface area contributed by atoms with Crippen LogP contribution in [0.2, 0.25) is 0 Å². The van der Waals surface area contributed by atoms with E-state index in [1.54, 1.807) is 14.0 Å². The van der Waals surface area contributed by atoms with E-state index in [0.29, 0.717) is 19.6 Å². The molecule has 20 heavy (non-hydrogen) atoms. The predicted octanol–water partition coefficient (Wildman–Crippen LogP) is 0.631. The van der Waals surface area contributed by atoms with E-state index in [-0.39, 0.29) is 0 Å². The van der Waals surface area contributed by atoms with Gasteiger partial charge >= 0.3 is 0 Å². The summed E-state index contributed by atoms with van der Waals surface area (Å²) in [7, 11) is 5.43. The molecule has 0 aliphatic rings. The van der Waals surface area contributed by atoms with E-state index in [0.717, 1.165) is 11.3 Å². The summed E-state index contributed by atoms with van der Waals surface area (Å²) in [4.78, 5) is 1.93. The van der Waals surface area contributed by atoms with Crippen LogP contribution in [0.5, 0.6) is 5.75 Å². The molecular formula is C15H26N2O3. The zero-order chi connectivity index (χ0) is 15.2. The van der Waals surface area contributed by atoms with E-state index in [2.05, 4.69) is 5.32 Å². The number of methoxy groups -OCH3 is 1. The molecule has 1 aromatic rings. The SMILES string of the molecule is COc1cccc(C(O)CNCC(C)(O)CN(C)C)c1. The third-order valence-electron chi connectivity index (χ3n) is 2.98. The number of nitrogens with one attached hydrogen (secondary N) is 1. The first-order valence-corrected chi connectivity index (χ1v) is 6.74. The lowest BCUT2D eigenvalue weighted by Crippen LogP contribution is -2.46. The molecular weight excluding hydrogens is 256 g/mol. The van der Waals surface area contributed by atoms with Gasteiger partial charge in [0.1, 0.15) is 5.75 Å². The molecule has 3 N–H and O–H groups in total. The first kappa shape index (κ1) is 16.9. The third-order valence-corrected chi connectivity index (χ3v) is 2.98. The molecule has 0 saturated heterocycles. The maximum absolute atomic E-state index is 10.1. The highest BCUT2D eigenvalue weighted by Crippen LogP contribution is 2.18. The molecule has 0 saturated carbocycles. The molecule has 2 atom stereocenters. The van der Waals surface area contributed by atoms with Gasteiger partial charge in [-0.1, -0.05) is 12.1 Å². The lowest BCUT2D eigenvalue weighted by Gasteiger charge is -2.27. The van der Waals surface area contributed by atoms with Gasteiger partial charge in [0, 0.05) is 19.6 Å². The molecule has 1 rings (SSSR count). The molecule has 0 amide bonds. The van der Waals surface area contributed by atoms with Gasteiger partial charge in [-0.25, -0.2) is 0 Å². The Labute approximate surface area is 121 Å². The van der Waals surface area contributed by atoms with Crippen LogP contribution in [0.4, 0.5) is 0 Å². The number of aliphatic hydroxyl groups excluding tert-OH is 1. The van der Waals surface area contributed by atoms with Gasteiger partial charge in [0.15, 0.2) is 0 Å². The van der Waals surface area contributed by atoms with Gasteiger partial charge in [-0.05, 0) is 38.7 Å². The Hall–Kier alpha value is -1.14. The molecule has 0 aliphatic carbocycles. The van der Waals surface area contributed by atoms with Crippen LogP contribution >= 0.6 is 0 Å². The molecule has 2 unspecified atom stereocenters. The van der Waals surface area contributed by atoms with Crippen LogP contribution in [-0.4, -0.2) is 61.6 Å². The van der Waals surface area contributed by atoms with Crippen LogP contribution in [0.1, 0.15) is 18.6 Å². The highest BCUT2D eigenvalue weighted by molar-refractivity contribution is 5.29. The Bertz CT molecular complexity index is 408. The third kappa shape index (κ3) is 5.88. The van der Waals surface area contributed by atoms with Crippen molar-refractivity contribution in [3.63, 3.8) is 0 Å². The van der Waals surface area contributed by atoms with Crippen molar-refractivity contribution in [3.8, 4) is 5.75 Å². The molecule has 0 heterocycles. The molecule has 0 aromatic heterocycles. The maximum atomic E-state index is 10.1. The number of hydrogen-bond donors (Lipinski definition) is 3. The average Bonchev–Trinajstić information content (AvgIpc) is 2.36. The molecule has 0 radical (unpaired) electrons. The lowest BCUT2D eigenvalue weighted by atomic mass is 10.1. The fourth-order valence-corrected chi connectivity index (χ4v) is 2.18. The van der Waals surface area contributed by atoms with Gasteiger partial charge in [0.2, 0.25) is 0 Å². The quantitative estimate of drug-likeness (QED) is 0.653. The number of benzene rings is 1. The van der Waals surface area contributed by atoms with E-state index in [1.165, 1.54) is 0 Å². The highest BCUT2D eigenvalue weighted by atomic mass is 16.5. The van der Waals surface area contributed by atoms with Gasteiger partial charge in [-0.2, -0.15) is 0 Å². The lowest BCUT2D eigenvalue weighted by molar-refractivity contribution is 0.0308. The van der Waals surface area contributed by atoms with Crippen molar-refractivity contribution in [1.29, 1.82) is 0 Å². The molecule has 5 heteroatoms. The summed E-state index contributed by atoms with van der Waals surface area (Å²) >= 11 is 0. The Balaban J connectivity index is 2.45. The molecule has 0 aliphatic heterocycles. The van der Waals surface area contributed by atoms with Crippen molar-refractivity contribution in [2.45, 2.75) is 18.6 Å². The summed E-state index contributed by atoms with van der Waals surface area (Å²) < 4.78 is 5.13. The highest BCUT2D eigenvalue weighted by Gasteiger charge is 2.21. The number of hydrogen-bond acceptors (Lipinski definition) is 5. The fourth-order valence-electron chi connectivity index (χ4n) is 2.18. The van der Waals surface area contributed by atoms with Gasteiger partial charge in [-0.15, -0.1) is 0 Å². The van der Waals surface area contributed by atoms with Crippen molar-refractivity contribution in [3.05, 3.63) is 29.8 Å². The molecule has 114 valence electrons. The standard InChI is InChI=1S/C15H26N2O3/c1-15(19,11-17(2)3)10-16-9-14(18)12-6-5-7-13(8-12)20-4/h5-8,14,16,18-19H,9-11H2,1-4H3. The molecule has 1 aromatic carbocycles. The van der Waals surface area contributed by atoms with Crippen LogP contribution in [0.25, 0.3) is 0 Å². The Morgan fingerprint density at radius 1 is 1.40 bits per heavy atom. The first-order valence-electron chi connectivity index (χ1n) is 6.74. The van der Waals surface area contributed by atoms with Crippen LogP contribution in [0, 0.1) is 0 Å². The Morgan fingerprint density at radius 3 is 2.70 bits per heavy atom. The monoisotopic (exact) mass is 282 g/mol. The summed E-state index contributed by atoms with van der Waals surface area (Å²) in [6.45, 7) is 3.15. The van der Waals surface area contributed by atoms with Gasteiger partial charge in [-0.3, -0.25) is 0 Å². The summed E-state index contributed by atoms with van der Waals surface area (Å²) in [5.74, 6) is 0.723. The zero-order valence-corrected chi connectivity index (χ0v) is 12.8. The second-order valence-corrected chi connectivity index (χ2v) is 5.66. The Kier molecular flexibility index (Phi) is 6.42. The average molecular weight is 282 g/mol. The van der Waals surface area contributed by atoms with E-state index < -0.39 is 11.7 Å². The number of aliphatic hydroxyl groups is 2. The maximum Gasteiger partial charge on any atom is 0.119 e. The summed E-state index contributed by atoms with van der Waals surface area (Å²) in [6.07, 6.45) is -0.625. The van der Waals surface area contributed by atoms with Crippen molar-refractivity contribution in [2.75, 3.05) is 40.8 Å². The summed E-state index contributed by atoms with van der Waals surface area (Å²) in [5, 5.41) is 23.4. The predicted molar refractivity (Wildman–Crippen MR) is 80.0 cm³/mol. The van der Waals surface area contributed by atoms with E-state index >= 15 is 0 Å². The number of ether oxygens (including phenoxy) is 1. The molecule has 0 fully saturated rings. The first-order chi connectivity index (χ1) is 9.34. The number of rotatable bonds is 8. The zero-order valence-electron chi connectivity index (χ0n) is 12.8. The minimum Gasteiger partial charge on any atom is -0.497 e. The molecule has 5 nitrogen and oxygen atoms in total. The largest absolute Gasteiger partial charge is 0.497 e. The van der Waals surface area contributed by atoms with Crippen molar-refractivity contribution < 1.29 is 14.9 Å². The molecule has 0 spiro atoms. The topological polar surface area (TPSA) is 65.0 Å².